The van der Waals surface area contributed by atoms with E-state index in [1.807, 2.05) is 12.1 Å². The average Bonchev–Trinajstić information content (AvgIpc) is 2.88. The molecule has 0 N–H and O–H groups in total. The second-order valence-electron chi connectivity index (χ2n) is 7.61. The van der Waals surface area contributed by atoms with Crippen molar-refractivity contribution < 1.29 is 20.9 Å². The first-order valence-corrected chi connectivity index (χ1v) is 13.5. The number of fused-ring (bicyclic) bond motifs is 1. The molecule has 5 rings (SSSR count). The molecule has 8 heteroatoms. The molecule has 1 heterocycles. The molecular weight excluding hydrogens is 487 g/mol. The van der Waals surface area contributed by atoms with Crippen LogP contribution in [0.15, 0.2) is 144 Å². The summed E-state index contributed by atoms with van der Waals surface area (Å²) < 4.78 is 52.3. The van der Waals surface area contributed by atoms with Crippen molar-refractivity contribution in [2.24, 2.45) is 0 Å². The van der Waals surface area contributed by atoms with Gasteiger partial charge in [0.15, 0.2) is 0 Å². The van der Waals surface area contributed by atoms with Gasteiger partial charge in [-0.15, -0.1) is 0 Å². The van der Waals surface area contributed by atoms with Gasteiger partial charge in [0.25, 0.3) is 0 Å². The minimum atomic E-state index is -4.36. The van der Waals surface area contributed by atoms with E-state index in [1.54, 1.807) is 72.8 Å². The molecule has 0 aliphatic rings. The maximum atomic E-state index is 13.6. The second kappa shape index (κ2) is 9.14. The molecule has 1 aromatic heterocycles. The molecule has 35 heavy (non-hydrogen) atoms. The molecule has 0 saturated heterocycles. The fourth-order valence-corrected chi connectivity index (χ4v) is 8.98. The highest BCUT2D eigenvalue weighted by Gasteiger charge is 2.38. The number of benzene rings is 4. The number of halogens is 1. The van der Waals surface area contributed by atoms with Gasteiger partial charge in [-0.1, -0.05) is 42.5 Å². The summed E-state index contributed by atoms with van der Waals surface area (Å²) >= 11 is 0. The molecule has 0 aliphatic carbocycles. The molecular formula is C27H19FO5S2. The number of hydrogen-bond acceptors (Lipinski definition) is 5. The minimum absolute atomic E-state index is 0.171. The zero-order valence-electron chi connectivity index (χ0n) is 18.2. The lowest BCUT2D eigenvalue weighted by molar-refractivity contribution is 0.507. The molecule has 5 aromatic rings. The molecule has 0 atom stereocenters. The fourth-order valence-electron chi connectivity index (χ4n) is 3.75. The lowest BCUT2D eigenvalue weighted by Crippen LogP contribution is -2.14. The maximum Gasteiger partial charge on any atom is 0.336 e. The van der Waals surface area contributed by atoms with Crippen molar-refractivity contribution in [2.45, 2.75) is 19.6 Å². The number of rotatable bonds is 6. The zero-order valence-corrected chi connectivity index (χ0v) is 19.8. The Hall–Kier alpha value is -3.72. The summed E-state index contributed by atoms with van der Waals surface area (Å²) in [4.78, 5) is 13.5. The summed E-state index contributed by atoms with van der Waals surface area (Å²) in [6, 6.07) is 30.7. The topological polar surface area (TPSA) is 73.6 Å². The van der Waals surface area contributed by atoms with Crippen molar-refractivity contribution >= 4 is 31.4 Å². The van der Waals surface area contributed by atoms with Crippen molar-refractivity contribution in [3.8, 4) is 0 Å². The van der Waals surface area contributed by atoms with E-state index in [9.17, 15) is 17.6 Å². The lowest BCUT2D eigenvalue weighted by Gasteiger charge is -2.39. The molecule has 5 nitrogen and oxygen atoms in total. The highest BCUT2D eigenvalue weighted by molar-refractivity contribution is 8.33. The average molecular weight is 507 g/mol. The number of hydrogen-bond donors (Lipinski definition) is 0. The molecule has 0 spiro atoms. The Morgan fingerprint density at radius 1 is 0.629 bits per heavy atom. The van der Waals surface area contributed by atoms with Gasteiger partial charge in [-0.05, 0) is 77.0 Å². The first-order chi connectivity index (χ1) is 16.9. The first-order valence-electron chi connectivity index (χ1n) is 10.6. The summed E-state index contributed by atoms with van der Waals surface area (Å²) in [7, 11) is -7.26. The van der Waals surface area contributed by atoms with Crippen LogP contribution >= 0.6 is 10.3 Å². The molecule has 176 valence electrons. The highest BCUT2D eigenvalue weighted by atomic mass is 32.3. The van der Waals surface area contributed by atoms with E-state index in [2.05, 4.69) is 0 Å². The Balaban J connectivity index is 1.83. The highest BCUT2D eigenvalue weighted by Crippen LogP contribution is 2.70. The predicted octanol–water partition coefficient (Wildman–Crippen LogP) is 6.53. The van der Waals surface area contributed by atoms with Gasteiger partial charge in [0.1, 0.15) is 11.4 Å². The maximum absolute atomic E-state index is 13.6. The first kappa shape index (κ1) is 23.0. The Morgan fingerprint density at radius 2 is 1.17 bits per heavy atom. The van der Waals surface area contributed by atoms with Crippen LogP contribution in [-0.2, 0) is 13.7 Å². The van der Waals surface area contributed by atoms with Gasteiger partial charge in [0.05, 0.1) is 4.90 Å². The van der Waals surface area contributed by atoms with Crippen molar-refractivity contribution in [3.05, 3.63) is 131 Å². The van der Waals surface area contributed by atoms with Crippen molar-refractivity contribution in [1.82, 2.24) is 0 Å². The van der Waals surface area contributed by atoms with Crippen LogP contribution < -0.4 is 5.63 Å². The molecule has 0 amide bonds. The quantitative estimate of drug-likeness (QED) is 0.245. The van der Waals surface area contributed by atoms with Crippen LogP contribution in [0.25, 0.3) is 11.0 Å². The monoisotopic (exact) mass is 506 g/mol. The lowest BCUT2D eigenvalue weighted by atomic mass is 10.2. The van der Waals surface area contributed by atoms with Crippen LogP contribution in [0.2, 0.25) is 0 Å². The van der Waals surface area contributed by atoms with Crippen LogP contribution in [-0.4, -0.2) is 8.42 Å². The third kappa shape index (κ3) is 4.39. The van der Waals surface area contributed by atoms with Crippen molar-refractivity contribution in [1.29, 1.82) is 0 Å². The van der Waals surface area contributed by atoms with E-state index in [0.29, 0.717) is 25.7 Å². The van der Waals surface area contributed by atoms with E-state index in [-0.39, 0.29) is 4.90 Å². The van der Waals surface area contributed by atoms with Gasteiger partial charge in [-0.3, -0.25) is 0 Å². The predicted molar refractivity (Wildman–Crippen MR) is 132 cm³/mol. The standard InChI is InChI=1S/C27H19FO5S2/c28-21-13-16-24(17-14-21)35(30,31)33-34(22-7-3-1-4-8-22,23-9-5-2-6-10-23)25-15-11-20-12-18-27(29)32-26(20)19-25/h1-19H. The van der Waals surface area contributed by atoms with Crippen LogP contribution in [0.4, 0.5) is 4.39 Å². The van der Waals surface area contributed by atoms with E-state index in [4.69, 9.17) is 8.05 Å². The zero-order chi connectivity index (χ0) is 24.5. The fraction of sp³-hybridized carbons (Fsp3) is 0. The van der Waals surface area contributed by atoms with E-state index < -0.39 is 31.9 Å². The van der Waals surface area contributed by atoms with E-state index >= 15 is 0 Å². The van der Waals surface area contributed by atoms with Crippen LogP contribution in [0.5, 0.6) is 0 Å². The third-order valence-corrected chi connectivity index (χ3v) is 10.5. The summed E-state index contributed by atoms with van der Waals surface area (Å²) in [5.41, 5.74) is -0.212. The minimum Gasteiger partial charge on any atom is -0.423 e. The van der Waals surface area contributed by atoms with Crippen molar-refractivity contribution in [3.63, 3.8) is 0 Å². The SMILES string of the molecule is O=c1ccc2ccc(S(OS(=O)(=O)c3ccc(F)cc3)(c3ccccc3)c3ccccc3)cc2o1. The van der Waals surface area contributed by atoms with Crippen LogP contribution in [0.1, 0.15) is 0 Å². The Morgan fingerprint density at radius 3 is 1.77 bits per heavy atom. The van der Waals surface area contributed by atoms with Gasteiger partial charge < -0.3 is 4.42 Å². The molecule has 0 aliphatic heterocycles. The van der Waals surface area contributed by atoms with Gasteiger partial charge >= 0.3 is 15.7 Å². The summed E-state index contributed by atoms with van der Waals surface area (Å²) in [5.74, 6) is -0.557. The van der Waals surface area contributed by atoms with E-state index in [0.717, 1.165) is 12.1 Å². The molecule has 0 radical (unpaired) electrons. The smallest absolute Gasteiger partial charge is 0.336 e. The van der Waals surface area contributed by atoms with E-state index in [1.165, 1.54) is 18.2 Å². The van der Waals surface area contributed by atoms with Crippen LogP contribution in [0.3, 0.4) is 0 Å². The Bertz CT molecular complexity index is 1610. The second-order valence-corrected chi connectivity index (χ2v) is 12.1. The van der Waals surface area contributed by atoms with Gasteiger partial charge in [-0.2, -0.15) is 8.42 Å². The van der Waals surface area contributed by atoms with Crippen LogP contribution in [0, 0.1) is 5.82 Å². The molecule has 0 fully saturated rings. The molecule has 4 aromatic carbocycles. The summed E-state index contributed by atoms with van der Waals surface area (Å²) in [6.07, 6.45) is 0. The summed E-state index contributed by atoms with van der Waals surface area (Å²) in [6.45, 7) is 0. The molecule has 0 unspecified atom stereocenters. The molecule has 0 saturated carbocycles. The Labute approximate surface area is 203 Å². The van der Waals surface area contributed by atoms with Gasteiger partial charge in [-0.25, -0.2) is 12.8 Å². The molecule has 0 bridgehead atoms. The Kier molecular flexibility index (Phi) is 6.02. The largest absolute Gasteiger partial charge is 0.423 e. The van der Waals surface area contributed by atoms with Gasteiger partial charge in [0, 0.05) is 26.1 Å². The summed E-state index contributed by atoms with van der Waals surface area (Å²) in [5, 5.41) is 0.684. The normalized spacial score (nSPS) is 12.5. The van der Waals surface area contributed by atoms with Gasteiger partial charge in [0.2, 0.25) is 0 Å². The van der Waals surface area contributed by atoms with Crippen molar-refractivity contribution in [2.75, 3.05) is 0 Å². The third-order valence-electron chi connectivity index (χ3n) is 5.37.